The van der Waals surface area contributed by atoms with Gasteiger partial charge in [-0.3, -0.25) is 4.79 Å². The molecule has 0 fully saturated rings. The molecule has 0 saturated carbocycles. The van der Waals surface area contributed by atoms with Crippen LogP contribution in [0.25, 0.3) is 22.6 Å². The summed E-state index contributed by atoms with van der Waals surface area (Å²) in [6.07, 6.45) is 0. The summed E-state index contributed by atoms with van der Waals surface area (Å²) in [5, 5.41) is 6.84. The summed E-state index contributed by atoms with van der Waals surface area (Å²) in [6, 6.07) is 25.2. The molecule has 0 unspecified atom stereocenters. The molecule has 1 N–H and O–H groups in total. The summed E-state index contributed by atoms with van der Waals surface area (Å²) in [5.41, 5.74) is 4.50. The molecule has 4 rings (SSSR count). The van der Waals surface area contributed by atoms with E-state index in [9.17, 15) is 4.79 Å². The summed E-state index contributed by atoms with van der Waals surface area (Å²) >= 11 is 0. The average molecular weight is 369 g/mol. The average Bonchev–Trinajstić information content (AvgIpc) is 3.22. The first-order chi connectivity index (χ1) is 13.7. The van der Waals surface area contributed by atoms with Gasteiger partial charge in [-0.1, -0.05) is 71.4 Å². The van der Waals surface area contributed by atoms with Crippen LogP contribution in [-0.4, -0.2) is 16.0 Å². The number of hydrogen-bond donors (Lipinski definition) is 1. The number of carbonyl (C=O) groups excluding carboxylic acids is 1. The Morgan fingerprint density at radius 1 is 0.893 bits per heavy atom. The molecule has 0 radical (unpaired) electrons. The van der Waals surface area contributed by atoms with E-state index in [1.807, 2.05) is 85.8 Å². The summed E-state index contributed by atoms with van der Waals surface area (Å²) in [5.74, 6) is 0.691. The topological polar surface area (TPSA) is 68.0 Å². The van der Waals surface area contributed by atoms with Gasteiger partial charge in [-0.2, -0.15) is 4.98 Å². The third-order valence-corrected chi connectivity index (χ3v) is 4.43. The highest BCUT2D eigenvalue weighted by molar-refractivity contribution is 6.00. The fourth-order valence-corrected chi connectivity index (χ4v) is 2.94. The number of benzene rings is 3. The Morgan fingerprint density at radius 3 is 2.39 bits per heavy atom. The van der Waals surface area contributed by atoms with E-state index in [2.05, 4.69) is 15.5 Å². The zero-order valence-corrected chi connectivity index (χ0v) is 15.4. The van der Waals surface area contributed by atoms with Gasteiger partial charge in [-0.15, -0.1) is 0 Å². The number of amides is 1. The van der Waals surface area contributed by atoms with Crippen molar-refractivity contribution in [1.82, 2.24) is 15.5 Å². The molecular weight excluding hydrogens is 350 g/mol. The van der Waals surface area contributed by atoms with Gasteiger partial charge in [0.2, 0.25) is 0 Å². The van der Waals surface area contributed by atoms with Crippen LogP contribution < -0.4 is 5.32 Å². The quantitative estimate of drug-likeness (QED) is 0.556. The van der Waals surface area contributed by atoms with E-state index < -0.39 is 0 Å². The molecule has 1 heterocycles. The number of aryl methyl sites for hydroxylation is 1. The van der Waals surface area contributed by atoms with Crippen molar-refractivity contribution < 1.29 is 9.32 Å². The van der Waals surface area contributed by atoms with Crippen molar-refractivity contribution in [2.75, 3.05) is 0 Å². The molecule has 0 aliphatic heterocycles. The Balaban J connectivity index is 1.48. The smallest absolute Gasteiger partial charge is 0.257 e. The number of nitrogens with one attached hydrogen (secondary N) is 1. The van der Waals surface area contributed by atoms with Gasteiger partial charge in [-0.25, -0.2) is 0 Å². The highest BCUT2D eigenvalue weighted by atomic mass is 16.5. The van der Waals surface area contributed by atoms with Gasteiger partial charge < -0.3 is 9.84 Å². The Kier molecular flexibility index (Phi) is 4.97. The fourth-order valence-electron chi connectivity index (χ4n) is 2.94. The minimum atomic E-state index is -0.180. The van der Waals surface area contributed by atoms with E-state index in [1.54, 1.807) is 0 Å². The van der Waals surface area contributed by atoms with Crippen LogP contribution in [0.3, 0.4) is 0 Å². The first kappa shape index (κ1) is 17.7. The third kappa shape index (κ3) is 3.83. The summed E-state index contributed by atoms with van der Waals surface area (Å²) < 4.78 is 5.31. The molecule has 5 nitrogen and oxygen atoms in total. The van der Waals surface area contributed by atoms with Crippen LogP contribution in [0.4, 0.5) is 0 Å². The van der Waals surface area contributed by atoms with Crippen LogP contribution in [0, 0.1) is 6.92 Å². The van der Waals surface area contributed by atoms with Crippen LogP contribution in [0.2, 0.25) is 0 Å². The zero-order valence-electron chi connectivity index (χ0n) is 15.4. The van der Waals surface area contributed by atoms with Gasteiger partial charge in [0.1, 0.15) is 0 Å². The van der Waals surface area contributed by atoms with Crippen molar-refractivity contribution in [2.45, 2.75) is 13.5 Å². The maximum absolute atomic E-state index is 12.7. The van der Waals surface area contributed by atoms with Gasteiger partial charge in [0, 0.05) is 11.1 Å². The van der Waals surface area contributed by atoms with Crippen molar-refractivity contribution in [3.63, 3.8) is 0 Å². The number of hydrogen-bond acceptors (Lipinski definition) is 4. The van der Waals surface area contributed by atoms with Gasteiger partial charge in [-0.05, 0) is 36.2 Å². The second-order valence-corrected chi connectivity index (χ2v) is 6.48. The van der Waals surface area contributed by atoms with Crippen LogP contribution in [-0.2, 0) is 6.54 Å². The largest absolute Gasteiger partial charge is 0.345 e. The second kappa shape index (κ2) is 7.88. The van der Waals surface area contributed by atoms with Crippen molar-refractivity contribution in [3.8, 4) is 22.6 Å². The van der Waals surface area contributed by atoms with Crippen LogP contribution >= 0.6 is 0 Å². The van der Waals surface area contributed by atoms with Crippen LogP contribution in [0.1, 0.15) is 21.7 Å². The minimum absolute atomic E-state index is 0.180. The maximum Gasteiger partial charge on any atom is 0.257 e. The SMILES string of the molecule is Cc1ccc(-c2nc(CNC(=O)c3ccccc3-c3ccccc3)no2)cc1. The zero-order chi connectivity index (χ0) is 19.3. The lowest BCUT2D eigenvalue weighted by Gasteiger charge is -2.09. The van der Waals surface area contributed by atoms with E-state index in [-0.39, 0.29) is 12.5 Å². The molecule has 28 heavy (non-hydrogen) atoms. The van der Waals surface area contributed by atoms with E-state index in [0.717, 1.165) is 22.3 Å². The first-order valence-corrected chi connectivity index (χ1v) is 9.03. The lowest BCUT2D eigenvalue weighted by Crippen LogP contribution is -2.24. The Morgan fingerprint density at radius 2 is 1.61 bits per heavy atom. The fraction of sp³-hybridized carbons (Fsp3) is 0.0870. The predicted octanol–water partition coefficient (Wildman–Crippen LogP) is 4.64. The molecular formula is C23H19N3O2. The molecule has 4 aromatic rings. The molecule has 0 bridgehead atoms. The molecule has 0 aliphatic carbocycles. The third-order valence-electron chi connectivity index (χ3n) is 4.43. The summed E-state index contributed by atoms with van der Waals surface area (Å²) in [7, 11) is 0. The molecule has 0 atom stereocenters. The molecule has 0 aliphatic rings. The normalized spacial score (nSPS) is 10.6. The van der Waals surface area contributed by atoms with Gasteiger partial charge in [0.15, 0.2) is 5.82 Å². The second-order valence-electron chi connectivity index (χ2n) is 6.48. The van der Waals surface area contributed by atoms with Gasteiger partial charge in [0.05, 0.1) is 6.54 Å². The van der Waals surface area contributed by atoms with Crippen LogP contribution in [0.15, 0.2) is 83.4 Å². The molecule has 5 heteroatoms. The number of aromatic nitrogens is 2. The molecule has 0 saturated heterocycles. The lowest BCUT2D eigenvalue weighted by atomic mass is 9.99. The first-order valence-electron chi connectivity index (χ1n) is 9.03. The Hall–Kier alpha value is -3.73. The van der Waals surface area contributed by atoms with E-state index in [4.69, 9.17) is 4.52 Å². The van der Waals surface area contributed by atoms with E-state index >= 15 is 0 Å². The van der Waals surface area contributed by atoms with Crippen molar-refractivity contribution in [1.29, 1.82) is 0 Å². The van der Waals surface area contributed by atoms with Crippen molar-refractivity contribution >= 4 is 5.91 Å². The number of rotatable bonds is 5. The molecule has 3 aromatic carbocycles. The van der Waals surface area contributed by atoms with Gasteiger partial charge in [0.25, 0.3) is 11.8 Å². The van der Waals surface area contributed by atoms with Crippen LogP contribution in [0.5, 0.6) is 0 Å². The number of nitrogens with zero attached hydrogens (tertiary/aromatic N) is 2. The molecule has 1 aromatic heterocycles. The van der Waals surface area contributed by atoms with E-state index in [1.165, 1.54) is 0 Å². The Labute approximate surface area is 163 Å². The Bertz CT molecular complexity index is 1090. The summed E-state index contributed by atoms with van der Waals surface area (Å²) in [6.45, 7) is 2.21. The highest BCUT2D eigenvalue weighted by Gasteiger charge is 2.14. The lowest BCUT2D eigenvalue weighted by molar-refractivity contribution is 0.0950. The standard InChI is InChI=1S/C23H19N3O2/c1-16-11-13-18(14-12-16)23-25-21(26-28-23)15-24-22(27)20-10-6-5-9-19(20)17-7-3-2-4-8-17/h2-14H,15H2,1H3,(H,24,27). The summed E-state index contributed by atoms with van der Waals surface area (Å²) in [4.78, 5) is 17.1. The number of carbonyl (C=O) groups is 1. The van der Waals surface area contributed by atoms with Crippen molar-refractivity contribution in [2.24, 2.45) is 0 Å². The molecule has 138 valence electrons. The minimum Gasteiger partial charge on any atom is -0.345 e. The maximum atomic E-state index is 12.7. The van der Waals surface area contributed by atoms with E-state index in [0.29, 0.717) is 17.3 Å². The van der Waals surface area contributed by atoms with Gasteiger partial charge >= 0.3 is 0 Å². The monoisotopic (exact) mass is 369 g/mol. The molecule has 0 spiro atoms. The predicted molar refractivity (Wildman–Crippen MR) is 108 cm³/mol. The highest BCUT2D eigenvalue weighted by Crippen LogP contribution is 2.23. The molecule has 1 amide bonds. The van der Waals surface area contributed by atoms with Crippen molar-refractivity contribution in [3.05, 3.63) is 95.8 Å².